The van der Waals surface area contributed by atoms with E-state index in [0.29, 0.717) is 74.2 Å². The number of Topliss-reactive ketones (excluding diaryl/α,β-unsaturated/α-hetero) is 1. The first-order valence-corrected chi connectivity index (χ1v) is 19.5. The van der Waals surface area contributed by atoms with Crippen LogP contribution >= 0.6 is 0 Å². The average Bonchev–Trinajstić information content (AvgIpc) is 3.57. The zero-order valence-electron chi connectivity index (χ0n) is 32.7. The summed E-state index contributed by atoms with van der Waals surface area (Å²) in [6.07, 6.45) is 3.68. The summed E-state index contributed by atoms with van der Waals surface area (Å²) in [7, 11) is 3.81. The van der Waals surface area contributed by atoms with E-state index in [1.807, 2.05) is 77.9 Å². The first-order chi connectivity index (χ1) is 27.0. The van der Waals surface area contributed by atoms with Gasteiger partial charge in [-0.15, -0.1) is 0 Å². The van der Waals surface area contributed by atoms with Crippen molar-refractivity contribution in [2.75, 3.05) is 50.6 Å². The molecular weight excluding hydrogens is 709 g/mol. The van der Waals surface area contributed by atoms with Gasteiger partial charge in [-0.05, 0) is 106 Å². The minimum absolute atomic E-state index is 0.0293. The summed E-state index contributed by atoms with van der Waals surface area (Å²) in [5.74, 6) is -0.717. The number of ketones is 1. The topological polar surface area (TPSA) is 142 Å². The third kappa shape index (κ3) is 9.36. The molecule has 294 valence electrons. The fourth-order valence-electron chi connectivity index (χ4n) is 7.45. The lowest BCUT2D eigenvalue weighted by atomic mass is 9.91. The number of nitrogens with one attached hydrogen (secondary N) is 3. The summed E-state index contributed by atoms with van der Waals surface area (Å²) in [4.78, 5) is 68.0. The van der Waals surface area contributed by atoms with Crippen LogP contribution < -0.4 is 20.9 Å². The molecule has 0 saturated heterocycles. The number of ether oxygens (including phenoxy) is 1. The molecule has 3 amide bonds. The number of anilines is 2. The van der Waals surface area contributed by atoms with Crippen LogP contribution in [0.4, 0.5) is 11.4 Å². The summed E-state index contributed by atoms with van der Waals surface area (Å²) in [5, 5.41) is 9.44. The number of carbonyl (C=O) groups is 5. The number of nitrogens with zero attached hydrogens (tertiary/aromatic N) is 3. The molecule has 0 saturated carbocycles. The van der Waals surface area contributed by atoms with Crippen molar-refractivity contribution < 1.29 is 28.7 Å². The first-order valence-electron chi connectivity index (χ1n) is 19.5. The fourth-order valence-corrected chi connectivity index (χ4v) is 7.45. The Morgan fingerprint density at radius 2 is 1.54 bits per heavy atom. The number of rotatable bonds is 15. The second kappa shape index (κ2) is 18.3. The van der Waals surface area contributed by atoms with Gasteiger partial charge >= 0.3 is 5.97 Å². The minimum Gasteiger partial charge on any atom is -0.460 e. The number of hydrogen-bond donors (Lipinski definition) is 3. The van der Waals surface area contributed by atoms with E-state index in [9.17, 15) is 24.0 Å². The lowest BCUT2D eigenvalue weighted by molar-refractivity contribution is -0.118. The zero-order chi connectivity index (χ0) is 39.8. The van der Waals surface area contributed by atoms with E-state index in [1.165, 1.54) is 0 Å². The Balaban J connectivity index is 0.961. The number of amides is 3. The molecule has 6 rings (SSSR count). The SMILES string of the molecule is CCC(=O)N1c2ccccc2[C@H](Nc2ccc(C(=O)NCCCNC(=O)c3ccc(Cn4c(C(=O)OCCN(C)C)cc5c4CCCC5=O)cc3)cc2)C[C@@H]1C. The van der Waals surface area contributed by atoms with Crippen LogP contribution in [0, 0.1) is 0 Å². The molecule has 4 aromatic rings. The minimum atomic E-state index is -0.455. The Labute approximate surface area is 328 Å². The number of fused-ring (bicyclic) bond motifs is 2. The van der Waals surface area contributed by atoms with E-state index in [0.717, 1.165) is 41.0 Å². The second-order valence-electron chi connectivity index (χ2n) is 14.8. The molecule has 12 heteroatoms. The Morgan fingerprint density at radius 1 is 0.875 bits per heavy atom. The zero-order valence-corrected chi connectivity index (χ0v) is 32.7. The molecule has 3 N–H and O–H groups in total. The lowest BCUT2D eigenvalue weighted by Crippen LogP contribution is -2.44. The highest BCUT2D eigenvalue weighted by Gasteiger charge is 2.33. The van der Waals surface area contributed by atoms with Crippen molar-refractivity contribution in [1.82, 2.24) is 20.1 Å². The van der Waals surface area contributed by atoms with Crippen LogP contribution in [-0.2, 0) is 22.5 Å². The van der Waals surface area contributed by atoms with Crippen molar-refractivity contribution in [2.24, 2.45) is 0 Å². The van der Waals surface area contributed by atoms with Crippen molar-refractivity contribution in [3.63, 3.8) is 0 Å². The smallest absolute Gasteiger partial charge is 0.355 e. The maximum atomic E-state index is 13.0. The van der Waals surface area contributed by atoms with Gasteiger partial charge in [-0.25, -0.2) is 4.79 Å². The van der Waals surface area contributed by atoms with Crippen LogP contribution in [0.15, 0.2) is 78.9 Å². The Kier molecular flexibility index (Phi) is 13.0. The van der Waals surface area contributed by atoms with Crippen LogP contribution in [-0.4, -0.2) is 85.3 Å². The Bertz CT molecular complexity index is 2050. The van der Waals surface area contributed by atoms with Gasteiger partial charge in [0.05, 0.1) is 6.04 Å². The summed E-state index contributed by atoms with van der Waals surface area (Å²) in [6, 6.07) is 24.3. The van der Waals surface area contributed by atoms with Gasteiger partial charge in [0.25, 0.3) is 11.8 Å². The van der Waals surface area contributed by atoms with Gasteiger partial charge < -0.3 is 35.1 Å². The number of carbonyl (C=O) groups excluding carboxylic acids is 5. The first kappa shape index (κ1) is 39.9. The van der Waals surface area contributed by atoms with Crippen molar-refractivity contribution in [1.29, 1.82) is 0 Å². The molecule has 12 nitrogen and oxygen atoms in total. The molecule has 1 aromatic heterocycles. The van der Waals surface area contributed by atoms with Gasteiger partial charge in [-0.2, -0.15) is 0 Å². The summed E-state index contributed by atoms with van der Waals surface area (Å²) < 4.78 is 7.40. The number of hydrogen-bond acceptors (Lipinski definition) is 8. The second-order valence-corrected chi connectivity index (χ2v) is 14.8. The normalized spacial score (nSPS) is 16.2. The standard InChI is InChI=1S/C44H52N6O6/c1-5-41(52)50-29(2)26-36(34-10-6-7-11-38(34)50)47-33-20-18-32(19-21-33)43(54)46-23-9-22-45-42(53)31-16-14-30(15-17-31)28-49-37-12-8-13-40(51)35(37)27-39(49)44(55)56-25-24-48(3)4/h6-7,10-11,14-21,27,29,36,47H,5,8-9,12-13,22-26,28H2,1-4H3,(H,45,53)(H,46,54)/t29-,36+/m0/s1. The van der Waals surface area contributed by atoms with Gasteiger partial charge in [0.15, 0.2) is 5.78 Å². The van der Waals surface area contributed by atoms with Crippen molar-refractivity contribution >= 4 is 40.8 Å². The molecule has 0 bridgehead atoms. The molecule has 0 radical (unpaired) electrons. The highest BCUT2D eigenvalue weighted by atomic mass is 16.5. The van der Waals surface area contributed by atoms with E-state index >= 15 is 0 Å². The van der Waals surface area contributed by atoms with Gasteiger partial charge in [0.2, 0.25) is 5.91 Å². The molecule has 2 atom stereocenters. The predicted octanol–water partition coefficient (Wildman–Crippen LogP) is 6.01. The molecule has 0 unspecified atom stereocenters. The van der Waals surface area contributed by atoms with Crippen LogP contribution in [0.1, 0.15) is 110 Å². The summed E-state index contributed by atoms with van der Waals surface area (Å²) in [6.45, 7) is 5.95. The molecule has 56 heavy (non-hydrogen) atoms. The average molecular weight is 761 g/mol. The number of benzene rings is 3. The lowest BCUT2D eigenvalue weighted by Gasteiger charge is -2.40. The summed E-state index contributed by atoms with van der Waals surface area (Å²) >= 11 is 0. The molecule has 2 heterocycles. The van der Waals surface area contributed by atoms with E-state index in [2.05, 4.69) is 28.9 Å². The maximum absolute atomic E-state index is 13.0. The Morgan fingerprint density at radius 3 is 2.20 bits per heavy atom. The third-order valence-electron chi connectivity index (χ3n) is 10.4. The number of aromatic nitrogens is 1. The molecule has 1 aliphatic carbocycles. The van der Waals surface area contributed by atoms with Crippen LogP contribution in [0.3, 0.4) is 0 Å². The van der Waals surface area contributed by atoms with Crippen molar-refractivity contribution in [2.45, 2.75) is 71.0 Å². The van der Waals surface area contributed by atoms with E-state index < -0.39 is 5.97 Å². The molecule has 2 aliphatic rings. The molecule has 3 aromatic carbocycles. The van der Waals surface area contributed by atoms with Crippen molar-refractivity contribution in [3.8, 4) is 0 Å². The number of esters is 1. The largest absolute Gasteiger partial charge is 0.460 e. The molecule has 0 fully saturated rings. The quantitative estimate of drug-likeness (QED) is 0.0989. The highest BCUT2D eigenvalue weighted by molar-refractivity contribution is 6.01. The van der Waals surface area contributed by atoms with Gasteiger partial charge in [0, 0.05) is 78.8 Å². The Hall–Kier alpha value is -5.75. The predicted molar refractivity (Wildman–Crippen MR) is 216 cm³/mol. The number of likely N-dealkylation sites (N-methyl/N-ethyl adjacent to an activating group) is 1. The molecule has 1 aliphatic heterocycles. The van der Waals surface area contributed by atoms with Gasteiger partial charge in [-0.1, -0.05) is 37.3 Å². The van der Waals surface area contributed by atoms with Gasteiger partial charge in [0.1, 0.15) is 12.3 Å². The monoisotopic (exact) mass is 760 g/mol. The summed E-state index contributed by atoms with van der Waals surface area (Å²) in [5.41, 5.74) is 6.63. The molecule has 0 spiro atoms. The third-order valence-corrected chi connectivity index (χ3v) is 10.4. The van der Waals surface area contributed by atoms with Crippen LogP contribution in [0.5, 0.6) is 0 Å². The van der Waals surface area contributed by atoms with Crippen molar-refractivity contribution in [3.05, 3.63) is 118 Å². The van der Waals surface area contributed by atoms with E-state index in [-0.39, 0.29) is 42.2 Å². The number of para-hydroxylation sites is 1. The fraction of sp³-hybridized carbons (Fsp3) is 0.386. The molecular formula is C44H52N6O6. The van der Waals surface area contributed by atoms with Gasteiger partial charge in [-0.3, -0.25) is 19.2 Å². The van der Waals surface area contributed by atoms with E-state index in [4.69, 9.17) is 4.74 Å². The van der Waals surface area contributed by atoms with Crippen LogP contribution in [0.25, 0.3) is 0 Å². The maximum Gasteiger partial charge on any atom is 0.355 e. The highest BCUT2D eigenvalue weighted by Crippen LogP contribution is 2.39. The van der Waals surface area contributed by atoms with E-state index in [1.54, 1.807) is 30.3 Å². The van der Waals surface area contributed by atoms with Crippen LogP contribution in [0.2, 0.25) is 0 Å².